The molecule has 0 amide bonds. The van der Waals surface area contributed by atoms with Gasteiger partial charge in [-0.1, -0.05) is 42.5 Å². The summed E-state index contributed by atoms with van der Waals surface area (Å²) in [7, 11) is -3.81. The molecule has 0 aliphatic rings. The van der Waals surface area contributed by atoms with E-state index in [1.165, 1.54) is 11.3 Å². The molecule has 0 aliphatic carbocycles. The topological polar surface area (TPSA) is 64.6 Å². The summed E-state index contributed by atoms with van der Waals surface area (Å²) in [6.07, 6.45) is 1.72. The van der Waals surface area contributed by atoms with Gasteiger partial charge < -0.3 is 8.98 Å². The molecule has 0 atom stereocenters. The second kappa shape index (κ2) is 7.26. The lowest BCUT2D eigenvalue weighted by molar-refractivity contribution is 0.579. The smallest absolute Gasteiger partial charge is 0.285 e. The number of hydrogen-bond donors (Lipinski definition) is 0. The van der Waals surface area contributed by atoms with E-state index in [1.807, 2.05) is 41.1 Å². The molecule has 0 unspecified atom stereocenters. The summed E-state index contributed by atoms with van der Waals surface area (Å²) in [4.78, 5) is 0.559. The zero-order valence-electron chi connectivity index (χ0n) is 15.2. The molecule has 2 heterocycles. The van der Waals surface area contributed by atoms with E-state index in [9.17, 15) is 8.42 Å². The molecule has 7 heteroatoms. The second-order valence-electron chi connectivity index (χ2n) is 6.21. The first-order valence-electron chi connectivity index (χ1n) is 8.65. The number of para-hydroxylation sites is 1. The van der Waals surface area contributed by atoms with Crippen molar-refractivity contribution in [1.29, 1.82) is 0 Å². The molecule has 0 radical (unpaired) electrons. The second-order valence-corrected chi connectivity index (χ2v) is 8.65. The van der Waals surface area contributed by atoms with Gasteiger partial charge in [0.1, 0.15) is 11.3 Å². The summed E-state index contributed by atoms with van der Waals surface area (Å²) >= 11 is 1.28. The van der Waals surface area contributed by atoms with Crippen molar-refractivity contribution in [3.63, 3.8) is 0 Å². The molecule has 4 aromatic rings. The van der Waals surface area contributed by atoms with Gasteiger partial charge in [-0.25, -0.2) is 0 Å². The number of furan rings is 1. The minimum Gasteiger partial charge on any atom is -0.461 e. The van der Waals surface area contributed by atoms with Crippen LogP contribution in [-0.4, -0.2) is 13.0 Å². The van der Waals surface area contributed by atoms with Gasteiger partial charge in [0.2, 0.25) is 4.80 Å². The molecule has 4 rings (SSSR count). The Labute approximate surface area is 167 Å². The number of rotatable bonds is 5. The highest BCUT2D eigenvalue weighted by atomic mass is 32.2. The molecule has 0 aliphatic heterocycles. The minimum atomic E-state index is -3.81. The monoisotopic (exact) mass is 410 g/mol. The molecule has 5 nitrogen and oxygen atoms in total. The lowest BCUT2D eigenvalue weighted by Gasteiger charge is -2.06. The van der Waals surface area contributed by atoms with Crippen LogP contribution in [0.4, 0.5) is 0 Å². The van der Waals surface area contributed by atoms with E-state index in [4.69, 9.17) is 4.42 Å². The summed E-state index contributed by atoms with van der Waals surface area (Å²) in [5.41, 5.74) is 2.59. The zero-order chi connectivity index (χ0) is 19.7. The summed E-state index contributed by atoms with van der Waals surface area (Å²) < 4.78 is 37.3. The fourth-order valence-electron chi connectivity index (χ4n) is 3.14. The first kappa shape index (κ1) is 18.5. The highest BCUT2D eigenvalue weighted by Gasteiger charge is 2.19. The number of thiazole rings is 1. The molecule has 0 saturated carbocycles. The van der Waals surface area contributed by atoms with Crippen LogP contribution in [0.2, 0.25) is 0 Å². The molecule has 0 N–H and O–H groups in total. The molecular formula is C21H18N2O3S2. The quantitative estimate of drug-likeness (QED) is 0.446. The largest absolute Gasteiger partial charge is 0.461 e. The van der Waals surface area contributed by atoms with Crippen LogP contribution in [0.5, 0.6) is 0 Å². The van der Waals surface area contributed by atoms with E-state index >= 15 is 0 Å². The Bertz CT molecular complexity index is 1330. The number of nitrogens with zero attached hydrogens (tertiary/aromatic N) is 2. The van der Waals surface area contributed by atoms with Crippen LogP contribution in [0.15, 0.2) is 86.3 Å². The van der Waals surface area contributed by atoms with Gasteiger partial charge in [-0.05, 0) is 25.1 Å². The molecule has 28 heavy (non-hydrogen) atoms. The average molecular weight is 411 g/mol. The number of sulfonamides is 1. The molecule has 2 aromatic carbocycles. The normalized spacial score (nSPS) is 12.5. The third-order valence-corrected chi connectivity index (χ3v) is 6.64. The van der Waals surface area contributed by atoms with Gasteiger partial charge in [0.15, 0.2) is 0 Å². The highest BCUT2D eigenvalue weighted by molar-refractivity contribution is 7.90. The number of aryl methyl sites for hydroxylation is 1. The number of hydrogen-bond acceptors (Lipinski definition) is 4. The van der Waals surface area contributed by atoms with E-state index in [-0.39, 0.29) is 4.90 Å². The average Bonchev–Trinajstić information content (AvgIpc) is 3.22. The van der Waals surface area contributed by atoms with Gasteiger partial charge in [-0.3, -0.25) is 0 Å². The molecule has 0 spiro atoms. The summed E-state index contributed by atoms with van der Waals surface area (Å²) in [5.74, 6) is 0.772. The molecule has 142 valence electrons. The van der Waals surface area contributed by atoms with Gasteiger partial charge in [0.05, 0.1) is 10.6 Å². The summed E-state index contributed by atoms with van der Waals surface area (Å²) in [5, 5.41) is 2.89. The third-order valence-electron chi connectivity index (χ3n) is 4.38. The van der Waals surface area contributed by atoms with E-state index < -0.39 is 10.0 Å². The molecule has 0 bridgehead atoms. The van der Waals surface area contributed by atoms with Crippen molar-refractivity contribution in [1.82, 2.24) is 4.57 Å². The maximum atomic E-state index is 12.7. The molecular weight excluding hydrogens is 392 g/mol. The van der Waals surface area contributed by atoms with Crippen LogP contribution in [0.25, 0.3) is 22.2 Å². The van der Waals surface area contributed by atoms with Crippen molar-refractivity contribution in [3.05, 3.63) is 83.2 Å². The van der Waals surface area contributed by atoms with Gasteiger partial charge in [-0.15, -0.1) is 22.3 Å². The van der Waals surface area contributed by atoms with Gasteiger partial charge in [0, 0.05) is 22.9 Å². The Hall–Kier alpha value is -2.90. The lowest BCUT2D eigenvalue weighted by atomic mass is 10.1. The number of benzene rings is 2. The van der Waals surface area contributed by atoms with Crippen LogP contribution < -0.4 is 4.80 Å². The predicted octanol–water partition coefficient (Wildman–Crippen LogP) is 4.75. The van der Waals surface area contributed by atoms with E-state index in [2.05, 4.69) is 11.0 Å². The van der Waals surface area contributed by atoms with Crippen molar-refractivity contribution < 1.29 is 12.8 Å². The van der Waals surface area contributed by atoms with Gasteiger partial charge in [-0.2, -0.15) is 8.42 Å². The fourth-order valence-corrected chi connectivity index (χ4v) is 5.28. The Morgan fingerprint density at radius 2 is 1.86 bits per heavy atom. The van der Waals surface area contributed by atoms with E-state index in [0.717, 1.165) is 28.0 Å². The Morgan fingerprint density at radius 1 is 1.14 bits per heavy atom. The molecule has 0 saturated heterocycles. The molecule has 2 aromatic heterocycles. The highest BCUT2D eigenvalue weighted by Crippen LogP contribution is 2.34. The van der Waals surface area contributed by atoms with Crippen molar-refractivity contribution >= 4 is 32.3 Å². The van der Waals surface area contributed by atoms with Crippen molar-refractivity contribution in [2.24, 2.45) is 4.40 Å². The first-order valence-corrected chi connectivity index (χ1v) is 11.0. The lowest BCUT2D eigenvalue weighted by Crippen LogP contribution is -2.17. The van der Waals surface area contributed by atoms with Crippen molar-refractivity contribution in [2.45, 2.75) is 18.4 Å². The first-order chi connectivity index (χ1) is 13.5. The zero-order valence-corrected chi connectivity index (χ0v) is 16.8. The van der Waals surface area contributed by atoms with Gasteiger partial charge >= 0.3 is 0 Å². The van der Waals surface area contributed by atoms with E-state index in [0.29, 0.717) is 11.3 Å². The van der Waals surface area contributed by atoms with Gasteiger partial charge in [0.25, 0.3) is 10.0 Å². The Kier molecular flexibility index (Phi) is 4.78. The molecule has 0 fully saturated rings. The van der Waals surface area contributed by atoms with Crippen LogP contribution in [-0.2, 0) is 16.6 Å². The predicted molar refractivity (Wildman–Crippen MR) is 112 cm³/mol. The van der Waals surface area contributed by atoms with Crippen LogP contribution in [0.1, 0.15) is 5.76 Å². The van der Waals surface area contributed by atoms with Crippen LogP contribution >= 0.6 is 11.3 Å². The number of aromatic nitrogens is 1. The SMILES string of the molecule is C=CCn1c(-c2c(C)oc3ccccc23)cs/c1=N/S(=O)(=O)c1ccccc1. The van der Waals surface area contributed by atoms with Crippen LogP contribution in [0.3, 0.4) is 0 Å². The summed E-state index contributed by atoms with van der Waals surface area (Å²) in [6, 6.07) is 16.0. The third kappa shape index (κ3) is 3.23. The fraction of sp³-hybridized carbons (Fsp3) is 0.0952. The Morgan fingerprint density at radius 3 is 2.61 bits per heavy atom. The van der Waals surface area contributed by atoms with E-state index in [1.54, 1.807) is 36.4 Å². The standard InChI is InChI=1S/C21H18N2O3S2/c1-3-13-23-18(20-15(2)26-19-12-8-7-11-17(19)20)14-27-21(23)22-28(24,25)16-9-5-4-6-10-16/h3-12,14H,1,13H2,2H3/b22-21+. The van der Waals surface area contributed by atoms with Crippen molar-refractivity contribution in [3.8, 4) is 11.3 Å². The number of fused-ring (bicyclic) bond motifs is 1. The Balaban J connectivity index is 1.94. The van der Waals surface area contributed by atoms with Crippen LogP contribution in [0, 0.1) is 6.92 Å². The van der Waals surface area contributed by atoms with Crippen molar-refractivity contribution in [2.75, 3.05) is 0 Å². The maximum absolute atomic E-state index is 12.7. The maximum Gasteiger partial charge on any atom is 0.285 e. The summed E-state index contributed by atoms with van der Waals surface area (Å²) in [6.45, 7) is 6.14. The number of allylic oxidation sites excluding steroid dienone is 1. The minimum absolute atomic E-state index is 0.167.